The van der Waals surface area contributed by atoms with Crippen LogP contribution in [0.3, 0.4) is 0 Å². The fourth-order valence-corrected chi connectivity index (χ4v) is 2.81. The van der Waals surface area contributed by atoms with Gasteiger partial charge in [-0.15, -0.1) is 0 Å². The van der Waals surface area contributed by atoms with Gasteiger partial charge in [0.1, 0.15) is 6.29 Å². The first-order valence-corrected chi connectivity index (χ1v) is 6.07. The Morgan fingerprint density at radius 3 is 2.33 bits per heavy atom. The molecule has 1 aliphatic carbocycles. The average molecular weight is 234 g/mol. The molecule has 1 nitrogen and oxygen atoms in total. The summed E-state index contributed by atoms with van der Waals surface area (Å²) in [5.74, 6) is 0. The Kier molecular flexibility index (Phi) is 2.41. The van der Waals surface area contributed by atoms with E-state index in [1.165, 1.54) is 5.56 Å². The fraction of sp³-hybridized carbons (Fsp3) is 0.118. The zero-order valence-corrected chi connectivity index (χ0v) is 10.1. The third kappa shape index (κ3) is 1.37. The maximum Gasteiger partial charge on any atom is 0.135 e. The summed E-state index contributed by atoms with van der Waals surface area (Å²) in [6.07, 6.45) is 1.76. The molecule has 0 saturated carbocycles. The molecule has 0 radical (unpaired) electrons. The van der Waals surface area contributed by atoms with Gasteiger partial charge >= 0.3 is 0 Å². The van der Waals surface area contributed by atoms with Gasteiger partial charge in [0.15, 0.2) is 0 Å². The average Bonchev–Trinajstić information content (AvgIpc) is 2.74. The molecular formula is C17H14O. The first kappa shape index (κ1) is 11.0. The largest absolute Gasteiger partial charge is 0.302 e. The van der Waals surface area contributed by atoms with Crippen molar-refractivity contribution in [2.24, 2.45) is 0 Å². The molecule has 0 amide bonds. The second-order valence-corrected chi connectivity index (χ2v) is 4.77. The number of allylic oxidation sites excluding steroid dienone is 1. The summed E-state index contributed by atoms with van der Waals surface area (Å²) in [5.41, 5.74) is 3.69. The summed E-state index contributed by atoms with van der Waals surface area (Å²) in [6.45, 7) is 4.17. The molecule has 2 aromatic rings. The molecule has 2 aromatic carbocycles. The molecule has 1 atom stereocenters. The van der Waals surface area contributed by atoms with Crippen LogP contribution in [0.5, 0.6) is 0 Å². The molecule has 0 aliphatic heterocycles. The Bertz CT molecular complexity index is 613. The van der Waals surface area contributed by atoms with E-state index in [2.05, 4.69) is 12.6 Å². The van der Waals surface area contributed by atoms with Crippen LogP contribution in [0.25, 0.3) is 5.57 Å². The van der Waals surface area contributed by atoms with Crippen LogP contribution >= 0.6 is 0 Å². The summed E-state index contributed by atoms with van der Waals surface area (Å²) in [5, 5.41) is 0. The summed E-state index contributed by atoms with van der Waals surface area (Å²) in [4.78, 5) is 11.7. The predicted octanol–water partition coefficient (Wildman–Crippen LogP) is 3.39. The SMILES string of the molecule is C=C1c2ccccc2CC1(C=O)c1ccccc1. The first-order valence-electron chi connectivity index (χ1n) is 6.07. The minimum atomic E-state index is -0.578. The van der Waals surface area contributed by atoms with E-state index in [0.717, 1.165) is 29.4 Å². The van der Waals surface area contributed by atoms with E-state index in [-0.39, 0.29) is 0 Å². The van der Waals surface area contributed by atoms with Crippen LogP contribution in [0.2, 0.25) is 0 Å². The van der Waals surface area contributed by atoms with Crippen molar-refractivity contribution < 1.29 is 4.79 Å². The molecular weight excluding hydrogens is 220 g/mol. The van der Waals surface area contributed by atoms with Crippen molar-refractivity contribution in [2.45, 2.75) is 11.8 Å². The van der Waals surface area contributed by atoms with E-state index in [9.17, 15) is 4.79 Å². The summed E-state index contributed by atoms with van der Waals surface area (Å²) in [6, 6.07) is 18.0. The molecule has 88 valence electrons. The molecule has 18 heavy (non-hydrogen) atoms. The highest BCUT2D eigenvalue weighted by molar-refractivity contribution is 5.95. The van der Waals surface area contributed by atoms with Gasteiger partial charge in [-0.1, -0.05) is 61.2 Å². The normalized spacial score (nSPS) is 21.7. The standard InChI is InChI=1S/C17H14O/c1-13-16-10-6-5-7-14(16)11-17(13,12-18)15-8-3-2-4-9-15/h2-10,12H,1,11H2. The second-order valence-electron chi connectivity index (χ2n) is 4.77. The number of hydrogen-bond donors (Lipinski definition) is 0. The van der Waals surface area contributed by atoms with E-state index >= 15 is 0 Å². The minimum absolute atomic E-state index is 0.578. The highest BCUT2D eigenvalue weighted by Gasteiger charge is 2.41. The lowest BCUT2D eigenvalue weighted by atomic mass is 9.76. The van der Waals surface area contributed by atoms with Crippen LogP contribution in [0, 0.1) is 0 Å². The first-order chi connectivity index (χ1) is 8.78. The molecule has 3 rings (SSSR count). The van der Waals surface area contributed by atoms with Crippen LogP contribution < -0.4 is 0 Å². The van der Waals surface area contributed by atoms with E-state index in [1.807, 2.05) is 48.5 Å². The van der Waals surface area contributed by atoms with Gasteiger partial charge in [-0.3, -0.25) is 0 Å². The van der Waals surface area contributed by atoms with Gasteiger partial charge in [-0.05, 0) is 28.7 Å². The van der Waals surface area contributed by atoms with Crippen LogP contribution in [-0.2, 0) is 16.6 Å². The maximum absolute atomic E-state index is 11.7. The fourth-order valence-electron chi connectivity index (χ4n) is 2.81. The van der Waals surface area contributed by atoms with E-state index < -0.39 is 5.41 Å². The van der Waals surface area contributed by atoms with Gasteiger partial charge in [0.2, 0.25) is 0 Å². The van der Waals surface area contributed by atoms with Crippen LogP contribution in [0.15, 0.2) is 61.2 Å². The lowest BCUT2D eigenvalue weighted by molar-refractivity contribution is -0.110. The smallest absolute Gasteiger partial charge is 0.135 e. The quantitative estimate of drug-likeness (QED) is 0.728. The second kappa shape index (κ2) is 3.95. The third-order valence-electron chi connectivity index (χ3n) is 3.84. The molecule has 0 spiro atoms. The highest BCUT2D eigenvalue weighted by atomic mass is 16.1. The topological polar surface area (TPSA) is 17.1 Å². The molecule has 0 heterocycles. The molecule has 0 saturated heterocycles. The number of fused-ring (bicyclic) bond motifs is 1. The lowest BCUT2D eigenvalue weighted by Crippen LogP contribution is -2.27. The highest BCUT2D eigenvalue weighted by Crippen LogP contribution is 2.46. The van der Waals surface area contributed by atoms with E-state index in [0.29, 0.717) is 0 Å². The van der Waals surface area contributed by atoms with E-state index in [1.54, 1.807) is 0 Å². The van der Waals surface area contributed by atoms with Gasteiger partial charge in [0, 0.05) is 0 Å². The predicted molar refractivity (Wildman–Crippen MR) is 73.4 cm³/mol. The molecule has 1 heteroatoms. The molecule has 0 bridgehead atoms. The van der Waals surface area contributed by atoms with Crippen molar-refractivity contribution in [3.8, 4) is 0 Å². The number of benzene rings is 2. The summed E-state index contributed by atoms with van der Waals surface area (Å²) >= 11 is 0. The van der Waals surface area contributed by atoms with Crippen molar-refractivity contribution in [3.05, 3.63) is 77.9 Å². The number of hydrogen-bond acceptors (Lipinski definition) is 1. The van der Waals surface area contributed by atoms with Crippen molar-refractivity contribution in [3.63, 3.8) is 0 Å². The van der Waals surface area contributed by atoms with Gasteiger partial charge < -0.3 is 4.79 Å². The number of carbonyl (C=O) groups is 1. The van der Waals surface area contributed by atoms with Crippen molar-refractivity contribution in [1.29, 1.82) is 0 Å². The van der Waals surface area contributed by atoms with Crippen molar-refractivity contribution >= 4 is 11.9 Å². The van der Waals surface area contributed by atoms with E-state index in [4.69, 9.17) is 0 Å². The van der Waals surface area contributed by atoms with Crippen molar-refractivity contribution in [1.82, 2.24) is 0 Å². The molecule has 0 aromatic heterocycles. The number of carbonyl (C=O) groups excluding carboxylic acids is 1. The molecule has 0 N–H and O–H groups in total. The van der Waals surface area contributed by atoms with Crippen LogP contribution in [-0.4, -0.2) is 6.29 Å². The summed E-state index contributed by atoms with van der Waals surface area (Å²) in [7, 11) is 0. The maximum atomic E-state index is 11.7. The van der Waals surface area contributed by atoms with Crippen LogP contribution in [0.1, 0.15) is 16.7 Å². The Morgan fingerprint density at radius 1 is 1.00 bits per heavy atom. The van der Waals surface area contributed by atoms with Gasteiger partial charge in [0.05, 0.1) is 5.41 Å². The Balaban J connectivity index is 2.18. The minimum Gasteiger partial charge on any atom is -0.302 e. The number of rotatable bonds is 2. The summed E-state index contributed by atoms with van der Waals surface area (Å²) < 4.78 is 0. The molecule has 0 fully saturated rings. The van der Waals surface area contributed by atoms with Gasteiger partial charge in [-0.2, -0.15) is 0 Å². The monoisotopic (exact) mass is 234 g/mol. The Morgan fingerprint density at radius 2 is 1.67 bits per heavy atom. The Labute approximate surface area is 107 Å². The number of aldehydes is 1. The zero-order valence-electron chi connectivity index (χ0n) is 10.1. The van der Waals surface area contributed by atoms with Crippen LogP contribution in [0.4, 0.5) is 0 Å². The zero-order chi connectivity index (χ0) is 12.6. The molecule has 1 aliphatic rings. The third-order valence-corrected chi connectivity index (χ3v) is 3.84. The Hall–Kier alpha value is -2.15. The van der Waals surface area contributed by atoms with Gasteiger partial charge in [-0.25, -0.2) is 0 Å². The molecule has 1 unspecified atom stereocenters. The lowest BCUT2D eigenvalue weighted by Gasteiger charge is -2.24. The van der Waals surface area contributed by atoms with Gasteiger partial charge in [0.25, 0.3) is 0 Å². The van der Waals surface area contributed by atoms with Crippen molar-refractivity contribution in [2.75, 3.05) is 0 Å².